The molecule has 3 N–H and O–H groups in total. The molecule has 1 saturated carbocycles. The summed E-state index contributed by atoms with van der Waals surface area (Å²) in [6.45, 7) is 0.135. The van der Waals surface area contributed by atoms with Gasteiger partial charge in [0.15, 0.2) is 0 Å². The lowest BCUT2D eigenvalue weighted by Gasteiger charge is -2.11. The normalized spacial score (nSPS) is 13.0. The number of halogens is 1. The molecular weight excluding hydrogens is 354 g/mol. The maximum Gasteiger partial charge on any atom is 0.313 e. The second-order valence-electron chi connectivity index (χ2n) is 6.02. The van der Waals surface area contributed by atoms with Gasteiger partial charge in [-0.25, -0.2) is 0 Å². The Morgan fingerprint density at radius 2 is 1.65 bits per heavy atom. The molecule has 3 rings (SSSR count). The standard InChI is InChI=1S/C19H18ClN3O3/c20-15-7-3-1-5-12(15)11-21-18(25)19(26)23-16-8-4-2-6-14(16)17(24)22-13-9-10-13/h1-8,13H,9-11H2,(H,21,25)(H,22,24)(H,23,26). The van der Waals surface area contributed by atoms with Crippen LogP contribution in [-0.2, 0) is 16.1 Å². The second-order valence-corrected chi connectivity index (χ2v) is 6.43. The van der Waals surface area contributed by atoms with Gasteiger partial charge in [-0.15, -0.1) is 0 Å². The van der Waals surface area contributed by atoms with E-state index in [0.717, 1.165) is 12.8 Å². The van der Waals surface area contributed by atoms with Crippen molar-refractivity contribution in [2.45, 2.75) is 25.4 Å². The van der Waals surface area contributed by atoms with E-state index in [-0.39, 0.29) is 18.5 Å². The van der Waals surface area contributed by atoms with Crippen LogP contribution in [-0.4, -0.2) is 23.8 Å². The fraction of sp³-hybridized carbons (Fsp3) is 0.211. The molecule has 26 heavy (non-hydrogen) atoms. The van der Waals surface area contributed by atoms with Crippen LogP contribution in [0.3, 0.4) is 0 Å². The first-order chi connectivity index (χ1) is 12.5. The molecule has 3 amide bonds. The molecule has 1 fully saturated rings. The average molecular weight is 372 g/mol. The molecule has 0 saturated heterocycles. The molecule has 7 heteroatoms. The Labute approximate surface area is 155 Å². The van der Waals surface area contributed by atoms with Crippen molar-refractivity contribution in [3.63, 3.8) is 0 Å². The molecule has 0 atom stereocenters. The number of anilines is 1. The minimum absolute atomic E-state index is 0.135. The Kier molecular flexibility index (Phi) is 5.53. The number of para-hydroxylation sites is 1. The van der Waals surface area contributed by atoms with Crippen molar-refractivity contribution >= 4 is 35.0 Å². The van der Waals surface area contributed by atoms with E-state index in [2.05, 4.69) is 16.0 Å². The van der Waals surface area contributed by atoms with Gasteiger partial charge in [-0.05, 0) is 36.6 Å². The van der Waals surface area contributed by atoms with Gasteiger partial charge < -0.3 is 16.0 Å². The van der Waals surface area contributed by atoms with Gasteiger partial charge in [0.25, 0.3) is 5.91 Å². The minimum Gasteiger partial charge on any atom is -0.349 e. The quantitative estimate of drug-likeness (QED) is 0.706. The van der Waals surface area contributed by atoms with Crippen LogP contribution in [0.25, 0.3) is 0 Å². The van der Waals surface area contributed by atoms with Crippen molar-refractivity contribution in [2.24, 2.45) is 0 Å². The van der Waals surface area contributed by atoms with E-state index >= 15 is 0 Å². The monoisotopic (exact) mass is 371 g/mol. The van der Waals surface area contributed by atoms with Crippen LogP contribution in [0, 0.1) is 0 Å². The van der Waals surface area contributed by atoms with Crippen LogP contribution in [0.5, 0.6) is 0 Å². The van der Waals surface area contributed by atoms with Gasteiger partial charge in [-0.1, -0.05) is 41.9 Å². The van der Waals surface area contributed by atoms with Crippen LogP contribution in [0.2, 0.25) is 5.02 Å². The Bertz CT molecular complexity index is 849. The van der Waals surface area contributed by atoms with Crippen LogP contribution < -0.4 is 16.0 Å². The molecular formula is C19H18ClN3O3. The van der Waals surface area contributed by atoms with Crippen molar-refractivity contribution in [2.75, 3.05) is 5.32 Å². The smallest absolute Gasteiger partial charge is 0.313 e. The van der Waals surface area contributed by atoms with Gasteiger partial charge in [0, 0.05) is 17.6 Å². The third-order valence-electron chi connectivity index (χ3n) is 3.94. The van der Waals surface area contributed by atoms with Crippen molar-refractivity contribution in [1.82, 2.24) is 10.6 Å². The molecule has 134 valence electrons. The number of nitrogens with one attached hydrogen (secondary N) is 3. The first-order valence-corrected chi connectivity index (χ1v) is 8.65. The maximum absolute atomic E-state index is 12.2. The van der Waals surface area contributed by atoms with Crippen LogP contribution in [0.4, 0.5) is 5.69 Å². The zero-order valence-electron chi connectivity index (χ0n) is 13.9. The molecule has 2 aromatic rings. The predicted molar refractivity (Wildman–Crippen MR) is 98.9 cm³/mol. The fourth-order valence-electron chi connectivity index (χ4n) is 2.36. The van der Waals surface area contributed by atoms with Gasteiger partial charge in [0.2, 0.25) is 0 Å². The number of rotatable bonds is 5. The van der Waals surface area contributed by atoms with Crippen LogP contribution >= 0.6 is 11.6 Å². The van der Waals surface area contributed by atoms with E-state index in [1.54, 1.807) is 48.5 Å². The molecule has 0 spiro atoms. The molecule has 0 unspecified atom stereocenters. The summed E-state index contributed by atoms with van der Waals surface area (Å²) in [5.41, 5.74) is 1.33. The van der Waals surface area contributed by atoms with Gasteiger partial charge in [-0.2, -0.15) is 0 Å². The predicted octanol–water partition coefficient (Wildman–Crippen LogP) is 2.49. The van der Waals surface area contributed by atoms with Crippen molar-refractivity contribution < 1.29 is 14.4 Å². The molecule has 6 nitrogen and oxygen atoms in total. The summed E-state index contributed by atoms with van der Waals surface area (Å²) in [5, 5.41) is 8.38. The van der Waals surface area contributed by atoms with E-state index in [1.165, 1.54) is 0 Å². The summed E-state index contributed by atoms with van der Waals surface area (Å²) in [4.78, 5) is 36.4. The largest absolute Gasteiger partial charge is 0.349 e. The number of hydrogen-bond acceptors (Lipinski definition) is 3. The van der Waals surface area contributed by atoms with Gasteiger partial charge in [0.1, 0.15) is 0 Å². The van der Waals surface area contributed by atoms with Crippen LogP contribution in [0.1, 0.15) is 28.8 Å². The molecule has 1 aliphatic rings. The SMILES string of the molecule is O=C(NCc1ccccc1Cl)C(=O)Nc1ccccc1C(=O)NC1CC1. The molecule has 0 aromatic heterocycles. The zero-order valence-corrected chi connectivity index (χ0v) is 14.7. The Morgan fingerprint density at radius 3 is 2.38 bits per heavy atom. The van der Waals surface area contributed by atoms with Crippen LogP contribution in [0.15, 0.2) is 48.5 Å². The van der Waals surface area contributed by atoms with Gasteiger partial charge in [-0.3, -0.25) is 14.4 Å². The number of amides is 3. The lowest BCUT2D eigenvalue weighted by molar-refractivity contribution is -0.136. The highest BCUT2D eigenvalue weighted by molar-refractivity contribution is 6.40. The third-order valence-corrected chi connectivity index (χ3v) is 4.30. The zero-order chi connectivity index (χ0) is 18.5. The molecule has 1 aliphatic carbocycles. The molecule has 0 radical (unpaired) electrons. The Balaban J connectivity index is 1.61. The highest BCUT2D eigenvalue weighted by Gasteiger charge is 2.25. The Morgan fingerprint density at radius 1 is 0.962 bits per heavy atom. The van der Waals surface area contributed by atoms with E-state index in [1.807, 2.05) is 0 Å². The van der Waals surface area contributed by atoms with E-state index < -0.39 is 11.8 Å². The third kappa shape index (κ3) is 4.61. The highest BCUT2D eigenvalue weighted by atomic mass is 35.5. The summed E-state index contributed by atoms with van der Waals surface area (Å²) in [5.74, 6) is -1.91. The van der Waals surface area contributed by atoms with E-state index in [9.17, 15) is 14.4 Å². The number of carbonyl (C=O) groups is 3. The first-order valence-electron chi connectivity index (χ1n) is 8.27. The summed E-state index contributed by atoms with van der Waals surface area (Å²) in [7, 11) is 0. The maximum atomic E-state index is 12.2. The van der Waals surface area contributed by atoms with E-state index in [0.29, 0.717) is 21.8 Å². The fourth-order valence-corrected chi connectivity index (χ4v) is 2.56. The molecule has 0 heterocycles. The highest BCUT2D eigenvalue weighted by Crippen LogP contribution is 2.21. The number of benzene rings is 2. The van der Waals surface area contributed by atoms with Crippen molar-refractivity contribution in [3.05, 3.63) is 64.7 Å². The average Bonchev–Trinajstić information content (AvgIpc) is 3.45. The summed E-state index contributed by atoms with van der Waals surface area (Å²) < 4.78 is 0. The summed E-state index contributed by atoms with van der Waals surface area (Å²) >= 11 is 6.02. The van der Waals surface area contributed by atoms with Crippen molar-refractivity contribution in [3.8, 4) is 0 Å². The van der Waals surface area contributed by atoms with Gasteiger partial charge in [0.05, 0.1) is 11.3 Å². The topological polar surface area (TPSA) is 87.3 Å². The number of carbonyl (C=O) groups excluding carboxylic acids is 3. The lowest BCUT2D eigenvalue weighted by atomic mass is 10.1. The number of hydrogen-bond donors (Lipinski definition) is 3. The summed E-state index contributed by atoms with van der Waals surface area (Å²) in [6.07, 6.45) is 1.93. The van der Waals surface area contributed by atoms with E-state index in [4.69, 9.17) is 11.6 Å². The molecule has 0 aliphatic heterocycles. The minimum atomic E-state index is -0.844. The first kappa shape index (κ1) is 17.9. The Hall–Kier alpha value is -2.86. The summed E-state index contributed by atoms with van der Waals surface area (Å²) in [6, 6.07) is 13.8. The van der Waals surface area contributed by atoms with Crippen molar-refractivity contribution in [1.29, 1.82) is 0 Å². The molecule has 2 aromatic carbocycles. The lowest BCUT2D eigenvalue weighted by Crippen LogP contribution is -2.35. The molecule has 0 bridgehead atoms. The van der Waals surface area contributed by atoms with Gasteiger partial charge >= 0.3 is 11.8 Å². The second kappa shape index (κ2) is 8.01.